The van der Waals surface area contributed by atoms with Crippen molar-refractivity contribution in [2.24, 2.45) is 0 Å². The van der Waals surface area contributed by atoms with E-state index in [0.29, 0.717) is 16.6 Å². The van der Waals surface area contributed by atoms with E-state index in [2.05, 4.69) is 35.7 Å². The summed E-state index contributed by atoms with van der Waals surface area (Å²) in [6.45, 7) is 0.346. The number of amides is 2. The lowest BCUT2D eigenvalue weighted by Crippen LogP contribution is -2.52. The van der Waals surface area contributed by atoms with E-state index in [1.54, 1.807) is 12.1 Å². The Morgan fingerprint density at radius 1 is 0.941 bits per heavy atom. The molecule has 2 N–H and O–H groups in total. The number of halogens is 3. The highest BCUT2D eigenvalue weighted by Crippen LogP contribution is 2.36. The van der Waals surface area contributed by atoms with Gasteiger partial charge in [-0.05, 0) is 81.6 Å². The normalized spacial score (nSPS) is 20.2. The standard InChI is InChI=1S/C26H32Cl3N3O2/c1-32(2)26(16-18-4-3-5-20(27)14-18)12-10-21(11-13-26)31-25(34)9-8-24(33)30-17-19-6-7-22(28)23(29)15-19/h3-7,14-15,21H,8-13,16-17H2,1-2H3,(H,30,33)(H,31,34). The number of hydrogen-bond donors (Lipinski definition) is 2. The molecular weight excluding hydrogens is 493 g/mol. The molecule has 0 radical (unpaired) electrons. The van der Waals surface area contributed by atoms with Crippen LogP contribution in [0.5, 0.6) is 0 Å². The van der Waals surface area contributed by atoms with Crippen molar-refractivity contribution in [2.45, 2.75) is 63.1 Å². The molecule has 34 heavy (non-hydrogen) atoms. The molecule has 1 fully saturated rings. The molecule has 0 bridgehead atoms. The molecule has 2 aromatic carbocycles. The molecule has 184 valence electrons. The zero-order chi connectivity index (χ0) is 24.7. The maximum absolute atomic E-state index is 12.4. The Morgan fingerprint density at radius 3 is 2.29 bits per heavy atom. The van der Waals surface area contributed by atoms with Crippen molar-refractivity contribution >= 4 is 46.6 Å². The third-order valence-electron chi connectivity index (χ3n) is 6.71. The summed E-state index contributed by atoms with van der Waals surface area (Å²) in [7, 11) is 4.25. The smallest absolute Gasteiger partial charge is 0.220 e. The van der Waals surface area contributed by atoms with Crippen molar-refractivity contribution in [2.75, 3.05) is 14.1 Å². The third kappa shape index (κ3) is 7.61. The molecule has 0 spiro atoms. The van der Waals surface area contributed by atoms with Crippen LogP contribution in [0.2, 0.25) is 15.1 Å². The first kappa shape index (κ1) is 26.8. The van der Waals surface area contributed by atoms with Crippen molar-refractivity contribution in [1.29, 1.82) is 0 Å². The van der Waals surface area contributed by atoms with Crippen LogP contribution in [0, 0.1) is 0 Å². The molecule has 2 amide bonds. The number of carbonyl (C=O) groups excluding carboxylic acids is 2. The van der Waals surface area contributed by atoms with E-state index in [9.17, 15) is 9.59 Å². The fourth-order valence-electron chi connectivity index (χ4n) is 4.57. The summed E-state index contributed by atoms with van der Waals surface area (Å²) >= 11 is 18.1. The quantitative estimate of drug-likeness (QED) is 0.446. The first-order valence-corrected chi connectivity index (χ1v) is 12.7. The Morgan fingerprint density at radius 2 is 1.65 bits per heavy atom. The van der Waals surface area contributed by atoms with Crippen LogP contribution in [0.25, 0.3) is 0 Å². The summed E-state index contributed by atoms with van der Waals surface area (Å²) in [5, 5.41) is 7.62. The Labute approximate surface area is 217 Å². The van der Waals surface area contributed by atoms with Gasteiger partial charge >= 0.3 is 0 Å². The van der Waals surface area contributed by atoms with Gasteiger partial charge in [-0.2, -0.15) is 0 Å². The Kier molecular flexibility index (Phi) is 9.66. The van der Waals surface area contributed by atoms with E-state index in [1.165, 1.54) is 5.56 Å². The zero-order valence-corrected chi connectivity index (χ0v) is 21.9. The van der Waals surface area contributed by atoms with E-state index in [4.69, 9.17) is 34.8 Å². The summed E-state index contributed by atoms with van der Waals surface area (Å²) in [5.74, 6) is -0.250. The Balaban J connectivity index is 1.41. The highest BCUT2D eigenvalue weighted by atomic mass is 35.5. The van der Waals surface area contributed by atoms with Crippen LogP contribution in [0.3, 0.4) is 0 Å². The molecule has 3 rings (SSSR count). The second-order valence-corrected chi connectivity index (χ2v) is 10.5. The predicted molar refractivity (Wildman–Crippen MR) is 140 cm³/mol. The first-order valence-electron chi connectivity index (χ1n) is 11.6. The first-order chi connectivity index (χ1) is 16.2. The van der Waals surface area contributed by atoms with Gasteiger partial charge in [0, 0.05) is 36.0 Å². The summed E-state index contributed by atoms with van der Waals surface area (Å²) in [4.78, 5) is 26.9. The van der Waals surface area contributed by atoms with Gasteiger partial charge in [0.2, 0.25) is 11.8 Å². The van der Waals surface area contributed by atoms with Crippen LogP contribution in [-0.4, -0.2) is 42.4 Å². The molecule has 2 aromatic rings. The SMILES string of the molecule is CN(C)C1(Cc2cccc(Cl)c2)CCC(NC(=O)CCC(=O)NCc2ccc(Cl)c(Cl)c2)CC1. The highest BCUT2D eigenvalue weighted by molar-refractivity contribution is 6.42. The molecule has 0 unspecified atom stereocenters. The molecule has 8 heteroatoms. The number of nitrogens with one attached hydrogen (secondary N) is 2. The summed E-state index contributed by atoms with van der Waals surface area (Å²) in [5.41, 5.74) is 2.14. The van der Waals surface area contributed by atoms with Crippen LogP contribution in [0.15, 0.2) is 42.5 Å². The minimum atomic E-state index is -0.169. The van der Waals surface area contributed by atoms with Crippen LogP contribution < -0.4 is 10.6 Å². The maximum Gasteiger partial charge on any atom is 0.220 e. The topological polar surface area (TPSA) is 61.4 Å². The average molecular weight is 525 g/mol. The van der Waals surface area contributed by atoms with Gasteiger partial charge in [0.1, 0.15) is 0 Å². The fourth-order valence-corrected chi connectivity index (χ4v) is 5.11. The third-order valence-corrected chi connectivity index (χ3v) is 7.68. The second kappa shape index (κ2) is 12.3. The van der Waals surface area contributed by atoms with Gasteiger partial charge in [0.15, 0.2) is 0 Å². The van der Waals surface area contributed by atoms with Gasteiger partial charge < -0.3 is 15.5 Å². The molecule has 0 heterocycles. The zero-order valence-electron chi connectivity index (χ0n) is 19.7. The predicted octanol–water partition coefficient (Wildman–Crippen LogP) is 5.65. The molecule has 0 aliphatic heterocycles. The van der Waals surface area contributed by atoms with Crippen LogP contribution >= 0.6 is 34.8 Å². The molecule has 5 nitrogen and oxygen atoms in total. The fraction of sp³-hybridized carbons (Fsp3) is 0.462. The number of rotatable bonds is 9. The lowest BCUT2D eigenvalue weighted by molar-refractivity contribution is -0.127. The molecule has 1 aliphatic rings. The largest absolute Gasteiger partial charge is 0.353 e. The van der Waals surface area contributed by atoms with Gasteiger partial charge in [0.25, 0.3) is 0 Å². The summed E-state index contributed by atoms with van der Waals surface area (Å²) in [6.07, 6.45) is 5.05. The molecule has 1 saturated carbocycles. The van der Waals surface area contributed by atoms with E-state index in [-0.39, 0.29) is 36.2 Å². The van der Waals surface area contributed by atoms with Crippen LogP contribution in [-0.2, 0) is 22.6 Å². The van der Waals surface area contributed by atoms with E-state index in [0.717, 1.165) is 42.7 Å². The van der Waals surface area contributed by atoms with E-state index < -0.39 is 0 Å². The minimum Gasteiger partial charge on any atom is -0.353 e. The van der Waals surface area contributed by atoms with E-state index >= 15 is 0 Å². The lowest BCUT2D eigenvalue weighted by Gasteiger charge is -2.45. The van der Waals surface area contributed by atoms with Crippen molar-refractivity contribution < 1.29 is 9.59 Å². The second-order valence-electron chi connectivity index (χ2n) is 9.29. The van der Waals surface area contributed by atoms with Crippen LogP contribution in [0.1, 0.15) is 49.7 Å². The highest BCUT2D eigenvalue weighted by Gasteiger charge is 2.37. The van der Waals surface area contributed by atoms with E-state index in [1.807, 2.05) is 24.3 Å². The number of benzene rings is 2. The summed E-state index contributed by atoms with van der Waals surface area (Å²) in [6, 6.07) is 13.4. The lowest BCUT2D eigenvalue weighted by atomic mass is 9.75. The Bertz CT molecular complexity index is 1000. The average Bonchev–Trinajstić information content (AvgIpc) is 2.80. The van der Waals surface area contributed by atoms with Crippen molar-refractivity contribution in [3.8, 4) is 0 Å². The minimum absolute atomic E-state index is 0.0519. The van der Waals surface area contributed by atoms with Gasteiger partial charge in [-0.15, -0.1) is 0 Å². The number of likely N-dealkylation sites (N-methyl/N-ethyl adjacent to an activating group) is 1. The van der Waals surface area contributed by atoms with Crippen molar-refractivity contribution in [1.82, 2.24) is 15.5 Å². The number of hydrogen-bond acceptors (Lipinski definition) is 3. The molecular formula is C26H32Cl3N3O2. The van der Waals surface area contributed by atoms with Gasteiger partial charge in [-0.25, -0.2) is 0 Å². The van der Waals surface area contributed by atoms with Crippen molar-refractivity contribution in [3.63, 3.8) is 0 Å². The summed E-state index contributed by atoms with van der Waals surface area (Å²) < 4.78 is 0. The monoisotopic (exact) mass is 523 g/mol. The van der Waals surface area contributed by atoms with Gasteiger partial charge in [-0.3, -0.25) is 9.59 Å². The van der Waals surface area contributed by atoms with Gasteiger partial charge in [0.05, 0.1) is 10.0 Å². The van der Waals surface area contributed by atoms with Crippen molar-refractivity contribution in [3.05, 3.63) is 68.7 Å². The number of carbonyl (C=O) groups is 2. The molecule has 0 aromatic heterocycles. The van der Waals surface area contributed by atoms with Crippen LogP contribution in [0.4, 0.5) is 0 Å². The van der Waals surface area contributed by atoms with Gasteiger partial charge in [-0.1, -0.05) is 53.0 Å². The molecule has 1 aliphatic carbocycles. The number of nitrogens with zero attached hydrogens (tertiary/aromatic N) is 1. The Hall–Kier alpha value is -1.79. The maximum atomic E-state index is 12.4. The molecule has 0 atom stereocenters. The molecule has 0 saturated heterocycles.